The van der Waals surface area contributed by atoms with Crippen LogP contribution in [0.4, 0.5) is 0 Å². The second-order valence-corrected chi connectivity index (χ2v) is 10.5. The molecule has 1 aromatic carbocycles. The lowest BCUT2D eigenvalue weighted by Gasteiger charge is -2.15. The lowest BCUT2D eigenvalue weighted by Crippen LogP contribution is -2.38. The molecule has 1 fully saturated rings. The maximum absolute atomic E-state index is 12.3. The Kier molecular flexibility index (Phi) is 3.70. The summed E-state index contributed by atoms with van der Waals surface area (Å²) in [7, 11) is -12.8. The normalized spacial score (nSPS) is 26.4. The second kappa shape index (κ2) is 4.79. The number of hydrogen-bond donors (Lipinski definition) is 1. The molecule has 1 aliphatic heterocycles. The van der Waals surface area contributed by atoms with Gasteiger partial charge in [0, 0.05) is 0 Å². The topological polar surface area (TPSA) is 123 Å². The van der Waals surface area contributed by atoms with Gasteiger partial charge in [0.25, 0.3) is 10.1 Å². The third-order valence-electron chi connectivity index (χ3n) is 3.10. The van der Waals surface area contributed by atoms with Crippen molar-refractivity contribution in [3.05, 3.63) is 30.3 Å². The smallest absolute Gasteiger partial charge is 0.270 e. The molecule has 1 aromatic rings. The Bertz CT molecular complexity index is 807. The van der Waals surface area contributed by atoms with E-state index >= 15 is 0 Å². The van der Waals surface area contributed by atoms with Gasteiger partial charge < -0.3 is 0 Å². The van der Waals surface area contributed by atoms with Crippen LogP contribution in [0.25, 0.3) is 0 Å². The molecule has 0 bridgehead atoms. The molecule has 1 aliphatic rings. The first kappa shape index (κ1) is 15.4. The van der Waals surface area contributed by atoms with Crippen molar-refractivity contribution >= 4 is 29.8 Å². The van der Waals surface area contributed by atoms with E-state index in [0.717, 1.165) is 0 Å². The predicted octanol–water partition coefficient (Wildman–Crippen LogP) is -0.486. The van der Waals surface area contributed by atoms with Gasteiger partial charge in [-0.2, -0.15) is 8.42 Å². The summed E-state index contributed by atoms with van der Waals surface area (Å²) in [6.07, 6.45) is 0. The van der Waals surface area contributed by atoms with Crippen LogP contribution in [0.15, 0.2) is 35.2 Å². The highest BCUT2D eigenvalue weighted by Crippen LogP contribution is 2.29. The molecule has 0 aliphatic carbocycles. The van der Waals surface area contributed by atoms with E-state index in [1.54, 1.807) is 6.07 Å². The fraction of sp³-hybridized carbons (Fsp3) is 0.400. The van der Waals surface area contributed by atoms with Gasteiger partial charge in [-0.3, -0.25) is 4.55 Å². The average Bonchev–Trinajstić information content (AvgIpc) is 2.67. The van der Waals surface area contributed by atoms with E-state index < -0.39 is 51.8 Å². The maximum atomic E-state index is 12.3. The first-order valence-corrected chi connectivity index (χ1v) is 10.4. The third kappa shape index (κ3) is 2.87. The summed E-state index contributed by atoms with van der Waals surface area (Å²) in [6.45, 7) is 0. The predicted molar refractivity (Wildman–Crippen MR) is 71.4 cm³/mol. The van der Waals surface area contributed by atoms with Crippen LogP contribution in [0.2, 0.25) is 0 Å². The average molecular weight is 340 g/mol. The van der Waals surface area contributed by atoms with Gasteiger partial charge >= 0.3 is 0 Å². The summed E-state index contributed by atoms with van der Waals surface area (Å²) < 4.78 is 79.3. The van der Waals surface area contributed by atoms with Crippen LogP contribution in [0.5, 0.6) is 0 Å². The van der Waals surface area contributed by atoms with Crippen molar-refractivity contribution in [3.63, 3.8) is 0 Å². The van der Waals surface area contributed by atoms with Crippen molar-refractivity contribution in [1.82, 2.24) is 0 Å². The molecule has 10 heteroatoms. The Morgan fingerprint density at radius 2 is 1.45 bits per heavy atom. The Labute approximate surface area is 117 Å². The molecule has 0 aromatic heterocycles. The molecular formula is C10H12O7S3. The van der Waals surface area contributed by atoms with E-state index in [1.807, 2.05) is 0 Å². The molecule has 0 amide bonds. The molecule has 1 heterocycles. The fourth-order valence-electron chi connectivity index (χ4n) is 2.14. The minimum absolute atomic E-state index is 0.171. The van der Waals surface area contributed by atoms with E-state index in [1.165, 1.54) is 24.3 Å². The summed E-state index contributed by atoms with van der Waals surface area (Å²) in [4.78, 5) is -0.171. The molecule has 1 saturated heterocycles. The van der Waals surface area contributed by atoms with Crippen molar-refractivity contribution in [2.45, 2.75) is 15.4 Å². The fourth-order valence-corrected chi connectivity index (χ4v) is 9.35. The van der Waals surface area contributed by atoms with Gasteiger partial charge in [-0.1, -0.05) is 18.2 Å². The summed E-state index contributed by atoms with van der Waals surface area (Å²) >= 11 is 0. The minimum atomic E-state index is -4.77. The molecule has 0 unspecified atom stereocenters. The minimum Gasteiger partial charge on any atom is -0.285 e. The Hall–Kier alpha value is -0.970. The van der Waals surface area contributed by atoms with Gasteiger partial charge in [-0.25, -0.2) is 16.8 Å². The lowest BCUT2D eigenvalue weighted by molar-refractivity contribution is 0.469. The van der Waals surface area contributed by atoms with Gasteiger partial charge in [0.05, 0.1) is 21.7 Å². The van der Waals surface area contributed by atoms with Crippen molar-refractivity contribution in [2.24, 2.45) is 0 Å². The summed E-state index contributed by atoms with van der Waals surface area (Å²) in [5.41, 5.74) is 0. The van der Waals surface area contributed by atoms with Gasteiger partial charge in [-0.15, -0.1) is 0 Å². The van der Waals surface area contributed by atoms with Crippen molar-refractivity contribution in [3.8, 4) is 0 Å². The quantitative estimate of drug-likeness (QED) is 0.737. The Balaban J connectivity index is 2.56. The Morgan fingerprint density at radius 3 is 1.95 bits per heavy atom. The molecule has 0 spiro atoms. The van der Waals surface area contributed by atoms with E-state index in [9.17, 15) is 25.3 Å². The van der Waals surface area contributed by atoms with Crippen LogP contribution in [-0.2, 0) is 29.8 Å². The molecule has 2 atom stereocenters. The van der Waals surface area contributed by atoms with Crippen molar-refractivity contribution in [1.29, 1.82) is 0 Å². The van der Waals surface area contributed by atoms with Gasteiger partial charge in [0.2, 0.25) is 0 Å². The third-order valence-corrected chi connectivity index (χ3v) is 8.91. The zero-order valence-corrected chi connectivity index (χ0v) is 12.5. The van der Waals surface area contributed by atoms with Gasteiger partial charge in [0.1, 0.15) is 5.25 Å². The second-order valence-electron chi connectivity index (χ2n) is 4.53. The summed E-state index contributed by atoms with van der Waals surface area (Å²) in [5.74, 6) is -1.70. The molecule has 0 saturated carbocycles. The van der Waals surface area contributed by atoms with E-state index in [4.69, 9.17) is 4.55 Å². The van der Waals surface area contributed by atoms with E-state index in [-0.39, 0.29) is 4.90 Å². The Morgan fingerprint density at radius 1 is 0.950 bits per heavy atom. The zero-order chi connectivity index (χ0) is 15.2. The molecule has 112 valence electrons. The van der Waals surface area contributed by atoms with Crippen LogP contribution in [-0.4, -0.2) is 51.8 Å². The maximum Gasteiger partial charge on any atom is 0.270 e. The SMILES string of the molecule is O=S1(=O)C[C@@H](S(=O)(=O)O)[C@@H](S(=O)(=O)c2ccccc2)C1. The van der Waals surface area contributed by atoms with Crippen LogP contribution in [0, 0.1) is 0 Å². The standard InChI is InChI=1S/C10H12O7S3/c11-18(12)6-9(10(7-18)20(15,16)17)19(13,14)8-4-2-1-3-5-8/h1-5,9-10H,6-7H2,(H,15,16,17)/t9-,10+/m0/s1. The number of hydrogen-bond acceptors (Lipinski definition) is 6. The zero-order valence-electron chi connectivity index (χ0n) is 10.1. The molecule has 2 rings (SSSR count). The van der Waals surface area contributed by atoms with Gasteiger partial charge in [-0.05, 0) is 12.1 Å². The summed E-state index contributed by atoms with van der Waals surface area (Å²) in [5, 5.41) is -3.54. The van der Waals surface area contributed by atoms with Crippen molar-refractivity contribution < 1.29 is 29.8 Å². The monoisotopic (exact) mass is 340 g/mol. The largest absolute Gasteiger partial charge is 0.285 e. The molecule has 7 nitrogen and oxygen atoms in total. The lowest BCUT2D eigenvalue weighted by atomic mass is 10.4. The number of rotatable bonds is 3. The molecule has 1 N–H and O–H groups in total. The molecule has 20 heavy (non-hydrogen) atoms. The summed E-state index contributed by atoms with van der Waals surface area (Å²) in [6, 6.07) is 6.96. The van der Waals surface area contributed by atoms with Crippen LogP contribution < -0.4 is 0 Å². The van der Waals surface area contributed by atoms with Gasteiger partial charge in [0.15, 0.2) is 19.7 Å². The van der Waals surface area contributed by atoms with E-state index in [0.29, 0.717) is 0 Å². The highest BCUT2D eigenvalue weighted by atomic mass is 32.2. The van der Waals surface area contributed by atoms with E-state index in [2.05, 4.69) is 0 Å². The highest BCUT2D eigenvalue weighted by molar-refractivity contribution is 7.99. The number of benzene rings is 1. The molecular weight excluding hydrogens is 328 g/mol. The van der Waals surface area contributed by atoms with Crippen LogP contribution >= 0.6 is 0 Å². The molecule has 0 radical (unpaired) electrons. The van der Waals surface area contributed by atoms with Crippen LogP contribution in [0.3, 0.4) is 0 Å². The van der Waals surface area contributed by atoms with Crippen molar-refractivity contribution in [2.75, 3.05) is 11.5 Å². The number of sulfone groups is 2. The van der Waals surface area contributed by atoms with Crippen LogP contribution in [0.1, 0.15) is 0 Å². The highest BCUT2D eigenvalue weighted by Gasteiger charge is 2.51. The first-order chi connectivity index (χ1) is 9.04. The first-order valence-electron chi connectivity index (χ1n) is 5.50.